The molecule has 3 N–H and O–H groups in total. The molecule has 174 valence electrons. The molecule has 0 spiro atoms. The zero-order valence-electron chi connectivity index (χ0n) is 18.4. The molecule has 0 bridgehead atoms. The number of rotatable bonds is 8. The molecule has 1 amide bonds. The van der Waals surface area contributed by atoms with E-state index in [1.807, 2.05) is 0 Å². The number of benzene rings is 2. The second-order valence-corrected chi connectivity index (χ2v) is 6.71. The van der Waals surface area contributed by atoms with E-state index in [9.17, 15) is 4.79 Å². The Hall–Kier alpha value is -4.94. The Labute approximate surface area is 193 Å². The van der Waals surface area contributed by atoms with E-state index in [4.69, 9.17) is 19.9 Å². The van der Waals surface area contributed by atoms with Crippen LogP contribution in [0.3, 0.4) is 0 Å². The summed E-state index contributed by atoms with van der Waals surface area (Å²) in [6.45, 7) is 0. The third kappa shape index (κ3) is 4.34. The van der Waals surface area contributed by atoms with E-state index in [1.165, 1.54) is 25.1 Å². The highest BCUT2D eigenvalue weighted by molar-refractivity contribution is 5.99. The molecule has 0 unspecified atom stereocenters. The maximum Gasteiger partial charge on any atom is 0.294 e. The first-order valence-electron chi connectivity index (χ1n) is 9.79. The number of hydrogen-bond donors (Lipinski definition) is 2. The van der Waals surface area contributed by atoms with Gasteiger partial charge >= 0.3 is 0 Å². The van der Waals surface area contributed by atoms with Gasteiger partial charge in [-0.1, -0.05) is 17.3 Å². The van der Waals surface area contributed by atoms with Gasteiger partial charge < -0.3 is 19.9 Å². The summed E-state index contributed by atoms with van der Waals surface area (Å²) in [4.78, 5) is 13.0. The minimum absolute atomic E-state index is 0.0239. The molecule has 0 aliphatic carbocycles. The Bertz CT molecular complexity index is 1350. The number of hydrazone groups is 1. The maximum absolute atomic E-state index is 13.0. The lowest BCUT2D eigenvalue weighted by Crippen LogP contribution is -2.19. The minimum Gasteiger partial charge on any atom is -0.497 e. The van der Waals surface area contributed by atoms with Gasteiger partial charge in [0.15, 0.2) is 5.69 Å². The number of methoxy groups -OCH3 is 3. The van der Waals surface area contributed by atoms with E-state index in [1.54, 1.807) is 49.6 Å². The number of nitrogen functional groups attached to an aromatic ring is 1. The molecule has 2 aromatic heterocycles. The number of hydrogen-bond acceptors (Lipinski definition) is 11. The van der Waals surface area contributed by atoms with Crippen molar-refractivity contribution in [3.05, 3.63) is 53.7 Å². The van der Waals surface area contributed by atoms with Crippen molar-refractivity contribution in [1.82, 2.24) is 30.7 Å². The molecule has 0 aliphatic rings. The SMILES string of the molecule is COc1cccc(-c2c(C(=O)NN=Cc3cc(OC)ccc3OC)nnn2-c2nonc2N)c1. The zero-order valence-corrected chi connectivity index (χ0v) is 18.4. The van der Waals surface area contributed by atoms with E-state index < -0.39 is 5.91 Å². The predicted octanol–water partition coefficient (Wildman–Crippen LogP) is 1.69. The highest BCUT2D eigenvalue weighted by atomic mass is 16.6. The van der Waals surface area contributed by atoms with Crippen LogP contribution in [0.1, 0.15) is 16.1 Å². The number of aromatic nitrogens is 5. The van der Waals surface area contributed by atoms with E-state index >= 15 is 0 Å². The molecule has 0 atom stereocenters. The van der Waals surface area contributed by atoms with Crippen molar-refractivity contribution >= 4 is 17.9 Å². The highest BCUT2D eigenvalue weighted by Crippen LogP contribution is 2.29. The van der Waals surface area contributed by atoms with Crippen LogP contribution in [-0.4, -0.2) is 58.8 Å². The first-order chi connectivity index (χ1) is 16.5. The van der Waals surface area contributed by atoms with Crippen molar-refractivity contribution in [2.24, 2.45) is 5.10 Å². The van der Waals surface area contributed by atoms with E-state index in [2.05, 4.69) is 35.8 Å². The van der Waals surface area contributed by atoms with Gasteiger partial charge in [0, 0.05) is 11.1 Å². The quantitative estimate of drug-likeness (QED) is 0.289. The van der Waals surface area contributed by atoms with Crippen LogP contribution in [-0.2, 0) is 0 Å². The van der Waals surface area contributed by atoms with Crippen LogP contribution < -0.4 is 25.4 Å². The largest absolute Gasteiger partial charge is 0.497 e. The number of nitrogens with two attached hydrogens (primary N) is 1. The lowest BCUT2D eigenvalue weighted by molar-refractivity contribution is 0.0950. The lowest BCUT2D eigenvalue weighted by atomic mass is 10.1. The molecule has 4 aromatic rings. The molecule has 2 aromatic carbocycles. The monoisotopic (exact) mass is 464 g/mol. The van der Waals surface area contributed by atoms with Gasteiger partial charge in [-0.2, -0.15) is 9.78 Å². The van der Waals surface area contributed by atoms with Crippen LogP contribution in [0.25, 0.3) is 17.1 Å². The van der Waals surface area contributed by atoms with Gasteiger partial charge in [-0.15, -0.1) is 5.10 Å². The topological polar surface area (TPSA) is 165 Å². The Morgan fingerprint density at radius 3 is 2.59 bits per heavy atom. The molecule has 13 heteroatoms. The molecule has 13 nitrogen and oxygen atoms in total. The van der Waals surface area contributed by atoms with Crippen molar-refractivity contribution in [3.63, 3.8) is 0 Å². The van der Waals surface area contributed by atoms with Crippen molar-refractivity contribution in [2.45, 2.75) is 0 Å². The van der Waals surface area contributed by atoms with Crippen LogP contribution in [0.2, 0.25) is 0 Å². The summed E-state index contributed by atoms with van der Waals surface area (Å²) in [7, 11) is 4.61. The average Bonchev–Trinajstić information content (AvgIpc) is 3.49. The number of amides is 1. The Morgan fingerprint density at radius 2 is 1.88 bits per heavy atom. The Balaban J connectivity index is 1.69. The zero-order chi connectivity index (χ0) is 24.1. The summed E-state index contributed by atoms with van der Waals surface area (Å²) in [6.07, 6.45) is 1.43. The summed E-state index contributed by atoms with van der Waals surface area (Å²) in [5, 5.41) is 19.4. The normalized spacial score (nSPS) is 10.9. The number of nitrogens with zero attached hydrogens (tertiary/aromatic N) is 6. The molecule has 0 aliphatic heterocycles. The van der Waals surface area contributed by atoms with Crippen LogP contribution in [0.4, 0.5) is 5.82 Å². The van der Waals surface area contributed by atoms with Gasteiger partial charge in [0.25, 0.3) is 5.91 Å². The highest BCUT2D eigenvalue weighted by Gasteiger charge is 2.25. The fourth-order valence-electron chi connectivity index (χ4n) is 3.10. The van der Waals surface area contributed by atoms with Gasteiger partial charge in [0.2, 0.25) is 11.6 Å². The Kier molecular flexibility index (Phi) is 6.34. The van der Waals surface area contributed by atoms with Gasteiger partial charge in [0.05, 0.1) is 27.5 Å². The van der Waals surface area contributed by atoms with Crippen LogP contribution in [0.5, 0.6) is 17.2 Å². The smallest absolute Gasteiger partial charge is 0.294 e. The van der Waals surface area contributed by atoms with Crippen LogP contribution in [0, 0.1) is 0 Å². The van der Waals surface area contributed by atoms with Gasteiger partial charge in [0.1, 0.15) is 22.9 Å². The van der Waals surface area contributed by atoms with Gasteiger partial charge in [-0.3, -0.25) is 4.79 Å². The van der Waals surface area contributed by atoms with Crippen molar-refractivity contribution in [2.75, 3.05) is 27.1 Å². The molecule has 0 radical (unpaired) electrons. The number of ether oxygens (including phenoxy) is 3. The molecular weight excluding hydrogens is 444 g/mol. The van der Waals surface area contributed by atoms with Crippen molar-refractivity contribution in [1.29, 1.82) is 0 Å². The average molecular weight is 464 g/mol. The molecule has 34 heavy (non-hydrogen) atoms. The summed E-state index contributed by atoms with van der Waals surface area (Å²) in [6, 6.07) is 12.2. The summed E-state index contributed by atoms with van der Waals surface area (Å²) in [5.41, 5.74) is 9.69. The fraction of sp³-hybridized carbons (Fsp3) is 0.143. The fourth-order valence-corrected chi connectivity index (χ4v) is 3.10. The molecule has 0 saturated carbocycles. The van der Waals surface area contributed by atoms with E-state index in [0.29, 0.717) is 28.4 Å². The lowest BCUT2D eigenvalue weighted by Gasteiger charge is -2.08. The van der Waals surface area contributed by atoms with Gasteiger partial charge in [-0.05, 0) is 40.6 Å². The van der Waals surface area contributed by atoms with Gasteiger partial charge in [-0.25, -0.2) is 10.1 Å². The molecule has 0 fully saturated rings. The van der Waals surface area contributed by atoms with E-state index in [-0.39, 0.29) is 23.0 Å². The second kappa shape index (κ2) is 9.68. The molecular formula is C21H20N8O5. The predicted molar refractivity (Wildman–Crippen MR) is 120 cm³/mol. The summed E-state index contributed by atoms with van der Waals surface area (Å²) >= 11 is 0. The summed E-state index contributed by atoms with van der Waals surface area (Å²) < 4.78 is 21.8. The molecule has 2 heterocycles. The Morgan fingerprint density at radius 1 is 1.09 bits per heavy atom. The number of carbonyl (C=O) groups excluding carboxylic acids is 1. The number of anilines is 1. The maximum atomic E-state index is 13.0. The summed E-state index contributed by atoms with van der Waals surface area (Å²) in [5.74, 6) is 1.15. The van der Waals surface area contributed by atoms with Crippen LogP contribution >= 0.6 is 0 Å². The number of nitrogens with one attached hydrogen (secondary N) is 1. The van der Waals surface area contributed by atoms with Crippen LogP contribution in [0.15, 0.2) is 52.2 Å². The number of carbonyl (C=O) groups is 1. The third-order valence-electron chi connectivity index (χ3n) is 4.73. The first kappa shape index (κ1) is 22.3. The molecule has 0 saturated heterocycles. The molecule has 4 rings (SSSR count). The standard InChI is InChI=1S/C21H20N8O5/c1-31-14-6-4-5-12(9-14)18-17(24-28-29(18)20-19(22)26-34-27-20)21(30)25-23-11-13-10-15(32-2)7-8-16(13)33-3/h4-11H,1-3H3,(H2,22,26)(H,25,30). The minimum atomic E-state index is -0.628. The van der Waals surface area contributed by atoms with Crippen molar-refractivity contribution in [3.8, 4) is 34.3 Å². The first-order valence-corrected chi connectivity index (χ1v) is 9.79. The van der Waals surface area contributed by atoms with Crippen molar-refractivity contribution < 1.29 is 23.6 Å². The van der Waals surface area contributed by atoms with E-state index in [0.717, 1.165) is 0 Å². The third-order valence-corrected chi connectivity index (χ3v) is 4.73. The second-order valence-electron chi connectivity index (χ2n) is 6.71.